The minimum Gasteiger partial charge on any atom is -0.508 e. The summed E-state index contributed by atoms with van der Waals surface area (Å²) in [4.78, 5) is 65.1. The molecular weight excluding hydrogens is 580 g/mol. The van der Waals surface area contributed by atoms with Crippen LogP contribution in [0.5, 0.6) is 5.75 Å². The fourth-order valence-electron chi connectivity index (χ4n) is 4.43. The fraction of sp³-hybridized carbons (Fsp3) is 0.406. The fourth-order valence-corrected chi connectivity index (χ4v) is 4.43. The summed E-state index contributed by atoms with van der Waals surface area (Å²) in [5.74, 6) is -1.48. The van der Waals surface area contributed by atoms with Crippen LogP contribution in [0.3, 0.4) is 0 Å². The quantitative estimate of drug-likeness (QED) is 0.0853. The standard InChI is InChI=1S/C32H42N6O7/c1-3-9-25(36-29(41)24(34)18-22-13-15-23(39)16-14-22)30(42)35-20-28(40)38(2)27(19-21-10-5-4-6-11-21)31(43)37-26(32(44)45)12-7-8-17-33/h1,4-6,10-11,13-16,24-27,39H,7-9,12,17-20,33-34H2,2H3,(H,35,42)(H,36,41)(H,37,43)(H,44,45)/t24-,25-,26-,27-/m0/s1. The van der Waals surface area contributed by atoms with Gasteiger partial charge in [0.1, 0.15) is 23.9 Å². The molecule has 0 heterocycles. The van der Waals surface area contributed by atoms with Gasteiger partial charge in [-0.05, 0) is 55.5 Å². The number of unbranched alkanes of at least 4 members (excludes halogenated alkanes) is 1. The van der Waals surface area contributed by atoms with Crippen LogP contribution in [0.4, 0.5) is 0 Å². The minimum atomic E-state index is -1.20. The highest BCUT2D eigenvalue weighted by atomic mass is 16.4. The third-order valence-corrected chi connectivity index (χ3v) is 7.09. The van der Waals surface area contributed by atoms with Crippen molar-refractivity contribution >= 4 is 29.6 Å². The van der Waals surface area contributed by atoms with E-state index in [2.05, 4.69) is 21.9 Å². The number of nitrogens with two attached hydrogens (primary N) is 2. The van der Waals surface area contributed by atoms with Gasteiger partial charge < -0.3 is 42.5 Å². The van der Waals surface area contributed by atoms with Gasteiger partial charge >= 0.3 is 5.97 Å². The van der Waals surface area contributed by atoms with Gasteiger partial charge in [-0.25, -0.2) is 4.79 Å². The molecule has 4 amide bonds. The molecule has 0 fully saturated rings. The Morgan fingerprint density at radius 3 is 2.11 bits per heavy atom. The van der Waals surface area contributed by atoms with E-state index >= 15 is 0 Å². The lowest BCUT2D eigenvalue weighted by atomic mass is 10.0. The Kier molecular flexibility index (Phi) is 15.0. The van der Waals surface area contributed by atoms with Crippen molar-refractivity contribution in [2.45, 2.75) is 62.7 Å². The number of amides is 4. The van der Waals surface area contributed by atoms with Crippen molar-refractivity contribution in [1.82, 2.24) is 20.9 Å². The van der Waals surface area contributed by atoms with Crippen molar-refractivity contribution in [3.8, 4) is 18.1 Å². The number of carbonyl (C=O) groups excluding carboxylic acids is 4. The molecule has 0 saturated carbocycles. The average Bonchev–Trinajstić information content (AvgIpc) is 3.02. The predicted octanol–water partition coefficient (Wildman–Crippen LogP) is -0.346. The van der Waals surface area contributed by atoms with Crippen LogP contribution in [0.15, 0.2) is 54.6 Å². The zero-order valence-corrected chi connectivity index (χ0v) is 25.3. The molecule has 2 rings (SSSR count). The van der Waals surface area contributed by atoms with Crippen LogP contribution in [-0.2, 0) is 36.8 Å². The van der Waals surface area contributed by atoms with Crippen molar-refractivity contribution in [2.24, 2.45) is 11.5 Å². The molecule has 13 heteroatoms. The van der Waals surface area contributed by atoms with E-state index in [1.54, 1.807) is 42.5 Å². The van der Waals surface area contributed by atoms with E-state index in [1.165, 1.54) is 19.2 Å². The van der Waals surface area contributed by atoms with Crippen LogP contribution in [0, 0.1) is 12.3 Å². The molecule has 0 aromatic heterocycles. The second kappa shape index (κ2) is 18.7. The van der Waals surface area contributed by atoms with Crippen molar-refractivity contribution < 1.29 is 34.2 Å². The van der Waals surface area contributed by atoms with Crippen LogP contribution >= 0.6 is 0 Å². The van der Waals surface area contributed by atoms with Gasteiger partial charge in [-0.1, -0.05) is 42.5 Å². The molecule has 242 valence electrons. The molecule has 2 aromatic carbocycles. The molecule has 0 aliphatic rings. The maximum absolute atomic E-state index is 13.3. The number of rotatable bonds is 18. The molecule has 0 unspecified atom stereocenters. The number of benzene rings is 2. The lowest BCUT2D eigenvalue weighted by molar-refractivity contribution is -0.144. The number of carboxylic acids is 1. The van der Waals surface area contributed by atoms with Gasteiger partial charge in [0.15, 0.2) is 0 Å². The van der Waals surface area contributed by atoms with Gasteiger partial charge in [0.05, 0.1) is 12.6 Å². The van der Waals surface area contributed by atoms with Crippen LogP contribution in [0.2, 0.25) is 0 Å². The summed E-state index contributed by atoms with van der Waals surface area (Å²) >= 11 is 0. The number of hydrogen-bond donors (Lipinski definition) is 7. The molecule has 45 heavy (non-hydrogen) atoms. The summed E-state index contributed by atoms with van der Waals surface area (Å²) in [6, 6.07) is 10.6. The smallest absolute Gasteiger partial charge is 0.326 e. The van der Waals surface area contributed by atoms with Gasteiger partial charge in [-0.3, -0.25) is 19.2 Å². The van der Waals surface area contributed by atoms with Gasteiger partial charge in [0, 0.05) is 19.9 Å². The van der Waals surface area contributed by atoms with E-state index in [1.807, 2.05) is 0 Å². The Hall–Kier alpha value is -4.93. The van der Waals surface area contributed by atoms with E-state index in [4.69, 9.17) is 17.9 Å². The Morgan fingerprint density at radius 2 is 1.51 bits per heavy atom. The summed E-state index contributed by atoms with van der Waals surface area (Å²) in [5, 5.41) is 26.5. The zero-order valence-electron chi connectivity index (χ0n) is 25.3. The third-order valence-electron chi connectivity index (χ3n) is 7.09. The molecule has 0 saturated heterocycles. The number of phenols is 1. The Morgan fingerprint density at radius 1 is 0.889 bits per heavy atom. The normalized spacial score (nSPS) is 13.3. The van der Waals surface area contributed by atoms with E-state index < -0.39 is 60.3 Å². The second-order valence-corrected chi connectivity index (χ2v) is 10.6. The number of likely N-dealkylation sites (N-methyl/N-ethyl adjacent to an activating group) is 1. The van der Waals surface area contributed by atoms with Gasteiger partial charge in [0.2, 0.25) is 23.6 Å². The summed E-state index contributed by atoms with van der Waals surface area (Å²) < 4.78 is 0. The third kappa shape index (κ3) is 12.3. The average molecular weight is 623 g/mol. The molecule has 0 radical (unpaired) electrons. The van der Waals surface area contributed by atoms with Crippen LogP contribution in [0.25, 0.3) is 0 Å². The number of carbonyl (C=O) groups is 5. The largest absolute Gasteiger partial charge is 0.508 e. The lowest BCUT2D eigenvalue weighted by Crippen LogP contribution is -2.56. The number of nitrogens with one attached hydrogen (secondary N) is 3. The van der Waals surface area contributed by atoms with Crippen molar-refractivity contribution in [3.63, 3.8) is 0 Å². The zero-order chi connectivity index (χ0) is 33.4. The van der Waals surface area contributed by atoms with Crippen molar-refractivity contribution in [2.75, 3.05) is 20.1 Å². The molecule has 0 bridgehead atoms. The summed E-state index contributed by atoms with van der Waals surface area (Å²) in [6.45, 7) is -0.137. The molecule has 9 N–H and O–H groups in total. The molecule has 0 aliphatic heterocycles. The van der Waals surface area contributed by atoms with Crippen molar-refractivity contribution in [3.05, 3.63) is 65.7 Å². The number of terminal acetylenes is 1. The number of phenolic OH excluding ortho intramolecular Hbond substituents is 1. The highest BCUT2D eigenvalue weighted by Gasteiger charge is 2.31. The summed E-state index contributed by atoms with van der Waals surface area (Å²) in [5.41, 5.74) is 12.9. The highest BCUT2D eigenvalue weighted by Crippen LogP contribution is 2.12. The number of aromatic hydroxyl groups is 1. The summed E-state index contributed by atoms with van der Waals surface area (Å²) in [6.07, 6.45) is 6.72. The van der Waals surface area contributed by atoms with Crippen LogP contribution in [0.1, 0.15) is 36.8 Å². The second-order valence-electron chi connectivity index (χ2n) is 10.6. The number of carboxylic acid groups (broad SMARTS) is 1. The summed E-state index contributed by atoms with van der Waals surface area (Å²) in [7, 11) is 1.38. The molecule has 0 aliphatic carbocycles. The first-order valence-corrected chi connectivity index (χ1v) is 14.5. The van der Waals surface area contributed by atoms with E-state index in [9.17, 15) is 34.2 Å². The van der Waals surface area contributed by atoms with Gasteiger partial charge in [-0.15, -0.1) is 12.3 Å². The molecule has 2 aromatic rings. The minimum absolute atomic E-state index is 0.0671. The van der Waals surface area contributed by atoms with Crippen LogP contribution < -0.4 is 27.4 Å². The SMILES string of the molecule is C#CC[C@H](NC(=O)[C@@H](N)Cc1ccc(O)cc1)C(=O)NCC(=O)N(C)[C@@H](Cc1ccccc1)C(=O)N[C@@H](CCCCN)C(=O)O. The first kappa shape index (κ1) is 36.3. The number of hydrogen-bond acceptors (Lipinski definition) is 8. The Labute approximate surface area is 262 Å². The maximum atomic E-state index is 13.3. The topological polar surface area (TPSA) is 217 Å². The van der Waals surface area contributed by atoms with Crippen LogP contribution in [-0.4, -0.2) is 89.0 Å². The predicted molar refractivity (Wildman–Crippen MR) is 167 cm³/mol. The first-order chi connectivity index (χ1) is 21.5. The van der Waals surface area contributed by atoms with Gasteiger partial charge in [-0.2, -0.15) is 0 Å². The molecule has 0 spiro atoms. The number of aliphatic carboxylic acids is 1. The lowest BCUT2D eigenvalue weighted by Gasteiger charge is -2.29. The molecular formula is C32H42N6O7. The monoisotopic (exact) mass is 622 g/mol. The Bertz CT molecular complexity index is 1330. The Balaban J connectivity index is 2.08. The van der Waals surface area contributed by atoms with E-state index in [0.717, 1.165) is 10.5 Å². The highest BCUT2D eigenvalue weighted by molar-refractivity contribution is 5.94. The molecule has 4 atom stereocenters. The molecule has 13 nitrogen and oxygen atoms in total. The van der Waals surface area contributed by atoms with Gasteiger partial charge in [0.25, 0.3) is 0 Å². The van der Waals surface area contributed by atoms with Crippen molar-refractivity contribution in [1.29, 1.82) is 0 Å². The maximum Gasteiger partial charge on any atom is 0.326 e. The van der Waals surface area contributed by atoms with E-state index in [0.29, 0.717) is 24.9 Å². The van der Waals surface area contributed by atoms with E-state index in [-0.39, 0.29) is 31.4 Å². The number of nitrogens with zero attached hydrogens (tertiary/aromatic N) is 1. The first-order valence-electron chi connectivity index (χ1n) is 14.5.